The molecule has 2 fully saturated rings. The maximum Gasteiger partial charge on any atom is 0.410 e. The Morgan fingerprint density at radius 2 is 1.15 bits per heavy atom. The quantitative estimate of drug-likeness (QED) is 0.213. The molecule has 2 aliphatic heterocycles. The molecular weight excluding hydrogens is 824 g/mol. The van der Waals surface area contributed by atoms with Gasteiger partial charge in [-0.2, -0.15) is 0 Å². The van der Waals surface area contributed by atoms with E-state index in [-0.39, 0.29) is 30.2 Å². The van der Waals surface area contributed by atoms with Gasteiger partial charge in [0.25, 0.3) is 0 Å². The number of hydrogen-bond acceptors (Lipinski definition) is 10. The number of hydrogen-bond donors (Lipinski definition) is 1. The number of amides is 2. The summed E-state index contributed by atoms with van der Waals surface area (Å²) in [6, 6.07) is 8.09. The van der Waals surface area contributed by atoms with Crippen LogP contribution >= 0.6 is 31.9 Å². The molecule has 1 N–H and O–H groups in total. The summed E-state index contributed by atoms with van der Waals surface area (Å²) in [7, 11) is 2.77. The van der Waals surface area contributed by atoms with Gasteiger partial charge in [-0.3, -0.25) is 0 Å². The zero-order valence-electron chi connectivity index (χ0n) is 33.7. The number of benzene rings is 2. The number of esters is 2. The van der Waals surface area contributed by atoms with Gasteiger partial charge >= 0.3 is 24.1 Å². The Bertz CT molecular complexity index is 1640. The summed E-state index contributed by atoms with van der Waals surface area (Å²) in [5.74, 6) is -0.692. The monoisotopic (exact) mass is 880 g/mol. The highest BCUT2D eigenvalue weighted by molar-refractivity contribution is 9.10. The van der Waals surface area contributed by atoms with E-state index in [1.165, 1.54) is 14.2 Å². The Hall–Kier alpha value is -3.52. The van der Waals surface area contributed by atoms with Crippen LogP contribution < -0.4 is 10.2 Å². The summed E-state index contributed by atoms with van der Waals surface area (Å²) in [6.45, 7) is 20.6. The average Bonchev–Trinajstić information content (AvgIpc) is 3.10. The average molecular weight is 883 g/mol. The SMILES string of the molecule is CCN(c1cc(Br)cc(C(=O)OC)c1C)C1CCN(C(=O)OC(C)(C)C)CC1.COC(=O)c1cc(Br)cc(NC2CCN(C(=O)OC(C)(C)C)CC2)c1C. The maximum atomic E-state index is 12.3. The summed E-state index contributed by atoms with van der Waals surface area (Å²) in [5, 5.41) is 3.50. The number of ether oxygens (including phenoxy) is 4. The Balaban J connectivity index is 0.000000291. The van der Waals surface area contributed by atoms with Gasteiger partial charge in [0.05, 0.1) is 25.3 Å². The van der Waals surface area contributed by atoms with Gasteiger partial charge in [-0.15, -0.1) is 0 Å². The molecule has 4 rings (SSSR count). The van der Waals surface area contributed by atoms with Gasteiger partial charge in [0.1, 0.15) is 11.2 Å². The van der Waals surface area contributed by atoms with Gasteiger partial charge in [-0.25, -0.2) is 19.2 Å². The van der Waals surface area contributed by atoms with Crippen molar-refractivity contribution in [3.63, 3.8) is 0 Å². The first kappa shape index (κ1) is 44.9. The molecular formula is C40H58Br2N4O8. The van der Waals surface area contributed by atoms with Crippen molar-refractivity contribution in [3.8, 4) is 0 Å². The molecule has 0 unspecified atom stereocenters. The molecule has 12 nitrogen and oxygen atoms in total. The second kappa shape index (κ2) is 19.4. The highest BCUT2D eigenvalue weighted by atomic mass is 79.9. The molecule has 2 saturated heterocycles. The van der Waals surface area contributed by atoms with Crippen molar-refractivity contribution in [1.29, 1.82) is 0 Å². The van der Waals surface area contributed by atoms with Crippen LogP contribution in [0.15, 0.2) is 33.2 Å². The molecule has 2 amide bonds. The fourth-order valence-electron chi connectivity index (χ4n) is 6.50. The third-order valence-electron chi connectivity index (χ3n) is 9.24. The largest absolute Gasteiger partial charge is 0.465 e. The van der Waals surface area contributed by atoms with Crippen LogP contribution in [0.5, 0.6) is 0 Å². The lowest BCUT2D eigenvalue weighted by Gasteiger charge is -2.40. The molecule has 2 aromatic carbocycles. The smallest absolute Gasteiger partial charge is 0.410 e. The predicted molar refractivity (Wildman–Crippen MR) is 219 cm³/mol. The van der Waals surface area contributed by atoms with Crippen molar-refractivity contribution in [2.75, 3.05) is 57.2 Å². The van der Waals surface area contributed by atoms with Crippen molar-refractivity contribution >= 4 is 67.4 Å². The van der Waals surface area contributed by atoms with E-state index in [1.807, 2.05) is 67.5 Å². The maximum absolute atomic E-state index is 12.3. The van der Waals surface area contributed by atoms with E-state index in [9.17, 15) is 19.2 Å². The highest BCUT2D eigenvalue weighted by Crippen LogP contribution is 2.33. The molecule has 0 aliphatic carbocycles. The number of rotatable bonds is 7. The van der Waals surface area contributed by atoms with Crippen LogP contribution in [-0.2, 0) is 18.9 Å². The fraction of sp³-hybridized carbons (Fsp3) is 0.600. The van der Waals surface area contributed by atoms with Crippen LogP contribution in [0.25, 0.3) is 0 Å². The Labute approximate surface area is 337 Å². The molecule has 0 spiro atoms. The molecule has 14 heteroatoms. The molecule has 0 aromatic heterocycles. The molecule has 2 aromatic rings. The van der Waals surface area contributed by atoms with Gasteiger partial charge in [-0.05, 0) is 123 Å². The number of methoxy groups -OCH3 is 2. The van der Waals surface area contributed by atoms with E-state index < -0.39 is 11.2 Å². The lowest BCUT2D eigenvalue weighted by Crippen LogP contribution is -2.48. The second-order valence-electron chi connectivity index (χ2n) is 15.6. The highest BCUT2D eigenvalue weighted by Gasteiger charge is 2.31. The topological polar surface area (TPSA) is 127 Å². The van der Waals surface area contributed by atoms with Crippen LogP contribution in [0.1, 0.15) is 106 Å². The Morgan fingerprint density at radius 3 is 1.57 bits per heavy atom. The van der Waals surface area contributed by atoms with Crippen molar-refractivity contribution < 1.29 is 38.1 Å². The van der Waals surface area contributed by atoms with Gasteiger partial charge < -0.3 is 39.0 Å². The first-order valence-electron chi connectivity index (χ1n) is 18.4. The zero-order valence-corrected chi connectivity index (χ0v) is 36.9. The number of nitrogens with zero attached hydrogens (tertiary/aromatic N) is 3. The van der Waals surface area contributed by atoms with Gasteiger partial charge in [-0.1, -0.05) is 31.9 Å². The van der Waals surface area contributed by atoms with E-state index in [2.05, 4.69) is 49.0 Å². The van der Waals surface area contributed by atoms with Crippen molar-refractivity contribution in [2.45, 2.75) is 111 Å². The molecule has 300 valence electrons. The number of carbonyl (C=O) groups is 4. The van der Waals surface area contributed by atoms with E-state index >= 15 is 0 Å². The third-order valence-corrected chi connectivity index (χ3v) is 10.2. The minimum atomic E-state index is -0.485. The van der Waals surface area contributed by atoms with Crippen molar-refractivity contribution in [3.05, 3.63) is 55.5 Å². The number of carbonyl (C=O) groups excluding carboxylic acids is 4. The van der Waals surface area contributed by atoms with Crippen LogP contribution in [0.4, 0.5) is 21.0 Å². The summed E-state index contributed by atoms with van der Waals surface area (Å²) in [5.41, 5.74) is 3.82. The standard InChI is InChI=1S/C21H31BrN2O4.C19H27BrN2O4/c1-7-24(18-13-15(22)12-17(14(18)2)19(25)27-6)16-8-10-23(11-9-16)20(26)28-21(3,4)5;1-12-15(17(23)25-5)10-13(20)11-16(12)21-14-6-8-22(9-7-14)18(24)26-19(2,3)4/h12-13,16H,7-11H2,1-6H3;10-11,14,21H,6-9H2,1-5H3. The molecule has 2 aliphatic rings. The van der Waals surface area contributed by atoms with Crippen molar-refractivity contribution in [1.82, 2.24) is 9.80 Å². The molecule has 0 bridgehead atoms. The second-order valence-corrected chi connectivity index (χ2v) is 17.4. The lowest BCUT2D eigenvalue weighted by molar-refractivity contribution is 0.0196. The van der Waals surface area contributed by atoms with E-state index in [1.54, 1.807) is 21.9 Å². The van der Waals surface area contributed by atoms with Gasteiger partial charge in [0, 0.05) is 65.1 Å². The van der Waals surface area contributed by atoms with Crippen molar-refractivity contribution in [2.24, 2.45) is 0 Å². The zero-order chi connectivity index (χ0) is 40.5. The summed E-state index contributed by atoms with van der Waals surface area (Å²) in [4.78, 5) is 54.4. The molecule has 54 heavy (non-hydrogen) atoms. The number of likely N-dealkylation sites (tertiary alicyclic amines) is 2. The number of nitrogens with one attached hydrogen (secondary N) is 1. The fourth-order valence-corrected chi connectivity index (χ4v) is 7.40. The summed E-state index contributed by atoms with van der Waals surface area (Å²) >= 11 is 6.97. The minimum Gasteiger partial charge on any atom is -0.465 e. The number of piperidine rings is 2. The van der Waals surface area contributed by atoms with Crippen LogP contribution in [0.2, 0.25) is 0 Å². The first-order valence-corrected chi connectivity index (χ1v) is 20.0. The molecule has 0 atom stereocenters. The number of anilines is 2. The predicted octanol–water partition coefficient (Wildman–Crippen LogP) is 9.13. The van der Waals surface area contributed by atoms with Crippen LogP contribution in [-0.4, -0.2) is 104 Å². The van der Waals surface area contributed by atoms with Gasteiger partial charge in [0.2, 0.25) is 0 Å². The van der Waals surface area contributed by atoms with E-state index in [0.717, 1.165) is 63.7 Å². The number of halogens is 2. The van der Waals surface area contributed by atoms with E-state index in [4.69, 9.17) is 18.9 Å². The Morgan fingerprint density at radius 1 is 0.722 bits per heavy atom. The van der Waals surface area contributed by atoms with Gasteiger partial charge in [0.15, 0.2) is 0 Å². The normalized spacial score (nSPS) is 15.4. The molecule has 2 heterocycles. The third kappa shape index (κ3) is 12.8. The van der Waals surface area contributed by atoms with Crippen LogP contribution in [0, 0.1) is 13.8 Å². The molecule has 0 saturated carbocycles. The van der Waals surface area contributed by atoms with Crippen LogP contribution in [0.3, 0.4) is 0 Å². The summed E-state index contributed by atoms with van der Waals surface area (Å²) in [6.07, 6.45) is 2.83. The van der Waals surface area contributed by atoms with E-state index in [0.29, 0.717) is 43.3 Å². The Kier molecular flexibility index (Phi) is 16.1. The minimum absolute atomic E-state index is 0.229. The molecule has 0 radical (unpaired) electrons. The summed E-state index contributed by atoms with van der Waals surface area (Å²) < 4.78 is 22.4. The first-order chi connectivity index (χ1) is 25.2. The lowest BCUT2D eigenvalue weighted by atomic mass is 9.99.